The maximum Gasteiger partial charge on any atom is 0.316 e. The zero-order valence-electron chi connectivity index (χ0n) is 9.83. The summed E-state index contributed by atoms with van der Waals surface area (Å²) in [6, 6.07) is 3.31. The van der Waals surface area contributed by atoms with Crippen LogP contribution < -0.4 is 10.1 Å². The molecule has 0 aromatic carbocycles. The van der Waals surface area contributed by atoms with Gasteiger partial charge in [0.15, 0.2) is 0 Å². The van der Waals surface area contributed by atoms with Gasteiger partial charge in [-0.25, -0.2) is 0 Å². The maximum absolute atomic E-state index is 10.9. The van der Waals surface area contributed by atoms with Crippen molar-refractivity contribution < 1.29 is 9.53 Å². The highest BCUT2D eigenvalue weighted by molar-refractivity contribution is 5.75. The van der Waals surface area contributed by atoms with Gasteiger partial charge in [0.25, 0.3) is 0 Å². The molecule has 0 bridgehead atoms. The summed E-state index contributed by atoms with van der Waals surface area (Å²) in [7, 11) is 1.62. The van der Waals surface area contributed by atoms with Crippen LogP contribution in [0.4, 0.5) is 0 Å². The molecule has 0 spiro atoms. The Morgan fingerprint density at radius 2 is 2.00 bits per heavy atom. The summed E-state index contributed by atoms with van der Waals surface area (Å²) in [5.74, 6) is 0.0123. The number of aromatic nitrogens is 2. The van der Waals surface area contributed by atoms with E-state index in [1.54, 1.807) is 7.05 Å². The summed E-state index contributed by atoms with van der Waals surface area (Å²) in [5, 5.41) is 2.55. The molecule has 0 aliphatic rings. The van der Waals surface area contributed by atoms with Crippen LogP contribution in [0.5, 0.6) is 6.01 Å². The normalized spacial score (nSPS) is 9.94. The minimum Gasteiger partial charge on any atom is -0.463 e. The largest absolute Gasteiger partial charge is 0.463 e. The lowest BCUT2D eigenvalue weighted by Gasteiger charge is -2.05. The second-order valence-corrected chi connectivity index (χ2v) is 3.43. The number of amides is 1. The molecule has 16 heavy (non-hydrogen) atoms. The van der Waals surface area contributed by atoms with Crippen LogP contribution in [0.25, 0.3) is 0 Å². The first-order chi connectivity index (χ1) is 7.61. The average Bonchev–Trinajstić information content (AvgIpc) is 2.22. The molecular formula is C11H16N3O2. The van der Waals surface area contributed by atoms with Gasteiger partial charge in [-0.3, -0.25) is 4.79 Å². The van der Waals surface area contributed by atoms with Gasteiger partial charge in [-0.05, 0) is 20.3 Å². The third-order valence-corrected chi connectivity index (χ3v) is 1.95. The first-order valence-corrected chi connectivity index (χ1v) is 5.19. The molecule has 5 heteroatoms. The fraction of sp³-hybridized carbons (Fsp3) is 0.545. The summed E-state index contributed by atoms with van der Waals surface area (Å²) in [4.78, 5) is 19.1. The second kappa shape index (κ2) is 6.05. The number of carbonyl (C=O) groups is 1. The van der Waals surface area contributed by atoms with Crippen molar-refractivity contribution in [2.24, 2.45) is 0 Å². The van der Waals surface area contributed by atoms with Crippen molar-refractivity contribution in [2.75, 3.05) is 13.7 Å². The van der Waals surface area contributed by atoms with E-state index in [0.717, 1.165) is 11.4 Å². The van der Waals surface area contributed by atoms with E-state index < -0.39 is 0 Å². The van der Waals surface area contributed by atoms with Gasteiger partial charge in [0.1, 0.15) is 0 Å². The van der Waals surface area contributed by atoms with Gasteiger partial charge < -0.3 is 10.1 Å². The SMILES string of the molecule is CNC(=O)CCCOc1nc(C)[c]c(C)n1. The van der Waals surface area contributed by atoms with E-state index in [4.69, 9.17) is 4.74 Å². The van der Waals surface area contributed by atoms with Crippen LogP contribution in [0.3, 0.4) is 0 Å². The maximum atomic E-state index is 10.9. The van der Waals surface area contributed by atoms with Crippen LogP contribution in [0, 0.1) is 19.9 Å². The molecule has 0 saturated heterocycles. The van der Waals surface area contributed by atoms with Gasteiger partial charge in [0.2, 0.25) is 5.91 Å². The van der Waals surface area contributed by atoms with Gasteiger partial charge in [0, 0.05) is 19.5 Å². The molecule has 87 valence electrons. The summed E-state index contributed by atoms with van der Waals surface area (Å²) in [6.45, 7) is 4.12. The highest BCUT2D eigenvalue weighted by Crippen LogP contribution is 2.05. The minimum atomic E-state index is 0.0123. The molecule has 1 aromatic heterocycles. The monoisotopic (exact) mass is 222 g/mol. The Kier molecular flexibility index (Phi) is 4.69. The molecule has 0 saturated carbocycles. The number of aryl methyl sites for hydroxylation is 2. The van der Waals surface area contributed by atoms with E-state index in [1.165, 1.54) is 0 Å². The van der Waals surface area contributed by atoms with E-state index in [9.17, 15) is 4.79 Å². The van der Waals surface area contributed by atoms with Crippen LogP contribution in [0.1, 0.15) is 24.2 Å². The zero-order valence-corrected chi connectivity index (χ0v) is 9.83. The number of nitrogens with one attached hydrogen (secondary N) is 1. The van der Waals surface area contributed by atoms with Gasteiger partial charge in [-0.2, -0.15) is 9.97 Å². The second-order valence-electron chi connectivity index (χ2n) is 3.43. The molecule has 0 fully saturated rings. The Hall–Kier alpha value is -1.65. The Labute approximate surface area is 95.3 Å². The summed E-state index contributed by atoms with van der Waals surface area (Å²) in [5.41, 5.74) is 1.52. The minimum absolute atomic E-state index is 0.0123. The summed E-state index contributed by atoms with van der Waals surface area (Å²) < 4.78 is 5.34. The predicted octanol–water partition coefficient (Wildman–Crippen LogP) is 0.799. The quantitative estimate of drug-likeness (QED) is 0.748. The van der Waals surface area contributed by atoms with E-state index in [1.807, 2.05) is 13.8 Å². The molecule has 1 amide bonds. The molecule has 1 rings (SSSR count). The van der Waals surface area contributed by atoms with Gasteiger partial charge in [-0.1, -0.05) is 0 Å². The fourth-order valence-electron chi connectivity index (χ4n) is 1.22. The first-order valence-electron chi connectivity index (χ1n) is 5.19. The first kappa shape index (κ1) is 12.4. The van der Waals surface area contributed by atoms with Crippen molar-refractivity contribution in [3.63, 3.8) is 0 Å². The number of hydrogen-bond donors (Lipinski definition) is 1. The molecule has 0 atom stereocenters. The van der Waals surface area contributed by atoms with Crippen LogP contribution in [-0.2, 0) is 4.79 Å². The van der Waals surface area contributed by atoms with Gasteiger partial charge in [-0.15, -0.1) is 0 Å². The van der Waals surface area contributed by atoms with E-state index >= 15 is 0 Å². The lowest BCUT2D eigenvalue weighted by atomic mass is 10.3. The number of carbonyl (C=O) groups excluding carboxylic acids is 1. The summed E-state index contributed by atoms with van der Waals surface area (Å²) in [6.07, 6.45) is 1.10. The number of ether oxygens (including phenoxy) is 1. The van der Waals surface area contributed by atoms with Crippen molar-refractivity contribution in [2.45, 2.75) is 26.7 Å². The predicted molar refractivity (Wildman–Crippen MR) is 59.1 cm³/mol. The van der Waals surface area contributed by atoms with E-state index in [2.05, 4.69) is 21.4 Å². The number of nitrogens with zero attached hydrogens (tertiary/aromatic N) is 2. The zero-order chi connectivity index (χ0) is 12.0. The Balaban J connectivity index is 2.34. The molecule has 0 aliphatic heterocycles. The standard InChI is InChI=1S/C11H16N3O2/c1-8-7-9(2)14-11(13-8)16-6-4-5-10(15)12-3/h4-6H2,1-3H3,(H,12,15). The Morgan fingerprint density at radius 1 is 1.38 bits per heavy atom. The molecule has 1 heterocycles. The Morgan fingerprint density at radius 3 is 2.56 bits per heavy atom. The molecule has 5 nitrogen and oxygen atoms in total. The summed E-state index contributed by atoms with van der Waals surface area (Å²) >= 11 is 0. The van der Waals surface area contributed by atoms with Crippen LogP contribution in [0.15, 0.2) is 0 Å². The third-order valence-electron chi connectivity index (χ3n) is 1.95. The average molecular weight is 222 g/mol. The topological polar surface area (TPSA) is 64.1 Å². The number of hydrogen-bond acceptors (Lipinski definition) is 4. The molecular weight excluding hydrogens is 206 g/mol. The van der Waals surface area contributed by atoms with Crippen molar-refractivity contribution in [1.29, 1.82) is 0 Å². The number of rotatable bonds is 5. The van der Waals surface area contributed by atoms with Crippen molar-refractivity contribution in [3.05, 3.63) is 17.5 Å². The highest BCUT2D eigenvalue weighted by Gasteiger charge is 2.02. The van der Waals surface area contributed by atoms with Crippen LogP contribution in [0.2, 0.25) is 0 Å². The van der Waals surface area contributed by atoms with Gasteiger partial charge >= 0.3 is 6.01 Å². The van der Waals surface area contributed by atoms with Crippen molar-refractivity contribution in [1.82, 2.24) is 15.3 Å². The van der Waals surface area contributed by atoms with Crippen LogP contribution in [-0.4, -0.2) is 29.5 Å². The van der Waals surface area contributed by atoms with E-state index in [-0.39, 0.29) is 5.91 Å². The fourth-order valence-corrected chi connectivity index (χ4v) is 1.22. The molecule has 0 unspecified atom stereocenters. The Bertz CT molecular complexity index is 346. The lowest BCUT2D eigenvalue weighted by molar-refractivity contribution is -0.120. The van der Waals surface area contributed by atoms with Crippen LogP contribution >= 0.6 is 0 Å². The van der Waals surface area contributed by atoms with Crippen molar-refractivity contribution >= 4 is 5.91 Å². The van der Waals surface area contributed by atoms with Crippen molar-refractivity contribution in [3.8, 4) is 6.01 Å². The molecule has 0 aliphatic carbocycles. The van der Waals surface area contributed by atoms with Gasteiger partial charge in [0.05, 0.1) is 18.0 Å². The smallest absolute Gasteiger partial charge is 0.316 e. The van der Waals surface area contributed by atoms with E-state index in [0.29, 0.717) is 25.5 Å². The molecule has 1 radical (unpaired) electrons. The highest BCUT2D eigenvalue weighted by atomic mass is 16.5. The molecule has 1 N–H and O–H groups in total. The third kappa shape index (κ3) is 4.25. The lowest BCUT2D eigenvalue weighted by Crippen LogP contribution is -2.18. The molecule has 1 aromatic rings.